The van der Waals surface area contributed by atoms with E-state index in [1.165, 1.54) is 25.7 Å². The summed E-state index contributed by atoms with van der Waals surface area (Å²) in [6.45, 7) is 8.73. The summed E-state index contributed by atoms with van der Waals surface area (Å²) in [7, 11) is 0. The molecule has 2 unspecified atom stereocenters. The van der Waals surface area contributed by atoms with E-state index in [1.54, 1.807) is 0 Å². The molecule has 0 rings (SSSR count). The third-order valence-corrected chi connectivity index (χ3v) is 5.25. The van der Waals surface area contributed by atoms with Crippen molar-refractivity contribution < 1.29 is 9.90 Å². The Balaban J connectivity index is 4.62. The van der Waals surface area contributed by atoms with Crippen molar-refractivity contribution in [1.29, 1.82) is 0 Å². The van der Waals surface area contributed by atoms with Crippen LogP contribution in [-0.4, -0.2) is 22.6 Å². The summed E-state index contributed by atoms with van der Waals surface area (Å²) in [5, 5.41) is 9.63. The Bertz CT molecular complexity index is 255. The molecular formula is C17H34O2S. The van der Waals surface area contributed by atoms with Gasteiger partial charge in [0.2, 0.25) is 0 Å². The molecule has 120 valence electrons. The Morgan fingerprint density at radius 1 is 1.10 bits per heavy atom. The van der Waals surface area contributed by atoms with Crippen LogP contribution in [0.1, 0.15) is 79.1 Å². The second kappa shape index (κ2) is 11.5. The highest BCUT2D eigenvalue weighted by atomic mass is 32.2. The van der Waals surface area contributed by atoms with E-state index >= 15 is 0 Å². The molecule has 0 aromatic carbocycles. The molecule has 0 heterocycles. The molecule has 3 heteroatoms. The minimum absolute atomic E-state index is 0.0252. The second-order valence-corrected chi connectivity index (χ2v) is 7.48. The van der Waals surface area contributed by atoms with Crippen LogP contribution in [0.25, 0.3) is 0 Å². The van der Waals surface area contributed by atoms with Gasteiger partial charge in [0.05, 0.1) is 5.92 Å². The SMILES string of the molecule is CCCCCCC(C)(CCC)C(CCSCC)C(=O)O. The first-order valence-corrected chi connectivity index (χ1v) is 9.47. The highest BCUT2D eigenvalue weighted by Crippen LogP contribution is 2.40. The van der Waals surface area contributed by atoms with Gasteiger partial charge in [-0.05, 0) is 36.2 Å². The number of carboxylic acid groups (broad SMARTS) is 1. The zero-order valence-corrected chi connectivity index (χ0v) is 14.7. The number of aliphatic carboxylic acids is 1. The maximum absolute atomic E-state index is 11.7. The summed E-state index contributed by atoms with van der Waals surface area (Å²) in [5.41, 5.74) is -0.0252. The molecular weight excluding hydrogens is 268 g/mol. The van der Waals surface area contributed by atoms with Gasteiger partial charge < -0.3 is 5.11 Å². The lowest BCUT2D eigenvalue weighted by atomic mass is 9.69. The summed E-state index contributed by atoms with van der Waals surface area (Å²) in [4.78, 5) is 11.7. The molecule has 0 aliphatic carbocycles. The molecule has 0 aromatic rings. The lowest BCUT2D eigenvalue weighted by molar-refractivity contribution is -0.147. The van der Waals surface area contributed by atoms with E-state index in [2.05, 4.69) is 27.7 Å². The quantitative estimate of drug-likeness (QED) is 0.449. The molecule has 0 bridgehead atoms. The van der Waals surface area contributed by atoms with Crippen molar-refractivity contribution in [3.05, 3.63) is 0 Å². The number of carbonyl (C=O) groups is 1. The van der Waals surface area contributed by atoms with E-state index in [0.29, 0.717) is 0 Å². The van der Waals surface area contributed by atoms with E-state index < -0.39 is 5.97 Å². The standard InChI is InChI=1S/C17H34O2S/c1-5-8-9-10-13-17(4,12-6-2)15(16(18)19)11-14-20-7-3/h15H,5-14H2,1-4H3,(H,18,19). The second-order valence-electron chi connectivity index (χ2n) is 6.09. The molecule has 0 saturated carbocycles. The number of hydrogen-bond donors (Lipinski definition) is 1. The molecule has 0 aliphatic rings. The zero-order chi connectivity index (χ0) is 15.4. The van der Waals surface area contributed by atoms with E-state index in [0.717, 1.165) is 37.2 Å². The average molecular weight is 303 g/mol. The molecule has 0 aliphatic heterocycles. The third-order valence-electron chi connectivity index (χ3n) is 4.32. The number of thioether (sulfide) groups is 1. The predicted octanol–water partition coefficient (Wildman–Crippen LogP) is 5.61. The largest absolute Gasteiger partial charge is 0.481 e. The molecule has 2 atom stereocenters. The highest BCUT2D eigenvalue weighted by Gasteiger charge is 2.37. The number of carboxylic acids is 1. The molecule has 0 amide bonds. The van der Waals surface area contributed by atoms with Gasteiger partial charge in [-0.25, -0.2) is 0 Å². The Morgan fingerprint density at radius 2 is 1.80 bits per heavy atom. The minimum Gasteiger partial charge on any atom is -0.481 e. The topological polar surface area (TPSA) is 37.3 Å². The van der Waals surface area contributed by atoms with Crippen molar-refractivity contribution >= 4 is 17.7 Å². The molecule has 2 nitrogen and oxygen atoms in total. The van der Waals surface area contributed by atoms with Gasteiger partial charge in [-0.15, -0.1) is 0 Å². The Kier molecular flexibility index (Phi) is 11.4. The molecule has 0 aromatic heterocycles. The highest BCUT2D eigenvalue weighted by molar-refractivity contribution is 7.99. The van der Waals surface area contributed by atoms with Crippen LogP contribution in [0, 0.1) is 11.3 Å². The van der Waals surface area contributed by atoms with Crippen molar-refractivity contribution in [2.45, 2.75) is 79.1 Å². The lowest BCUT2D eigenvalue weighted by Gasteiger charge is -2.35. The molecule has 1 N–H and O–H groups in total. The van der Waals surface area contributed by atoms with Gasteiger partial charge in [-0.2, -0.15) is 11.8 Å². The summed E-state index contributed by atoms with van der Waals surface area (Å²) < 4.78 is 0. The van der Waals surface area contributed by atoms with Crippen LogP contribution in [0.3, 0.4) is 0 Å². The van der Waals surface area contributed by atoms with Crippen LogP contribution in [0.2, 0.25) is 0 Å². The normalized spacial score (nSPS) is 15.8. The van der Waals surface area contributed by atoms with E-state index in [-0.39, 0.29) is 11.3 Å². The first-order chi connectivity index (χ1) is 9.51. The predicted molar refractivity (Wildman–Crippen MR) is 90.5 cm³/mol. The van der Waals surface area contributed by atoms with Crippen molar-refractivity contribution in [1.82, 2.24) is 0 Å². The van der Waals surface area contributed by atoms with E-state index in [1.807, 2.05) is 11.8 Å². The van der Waals surface area contributed by atoms with Gasteiger partial charge in [0.25, 0.3) is 0 Å². The van der Waals surface area contributed by atoms with Gasteiger partial charge in [0, 0.05) is 0 Å². The van der Waals surface area contributed by atoms with E-state index in [9.17, 15) is 9.90 Å². The van der Waals surface area contributed by atoms with Crippen molar-refractivity contribution in [2.75, 3.05) is 11.5 Å². The van der Waals surface area contributed by atoms with Crippen LogP contribution in [0.4, 0.5) is 0 Å². The van der Waals surface area contributed by atoms with Gasteiger partial charge in [0.15, 0.2) is 0 Å². The Labute approximate surface area is 130 Å². The lowest BCUT2D eigenvalue weighted by Crippen LogP contribution is -2.34. The fourth-order valence-corrected chi connectivity index (χ4v) is 3.81. The Morgan fingerprint density at radius 3 is 2.30 bits per heavy atom. The van der Waals surface area contributed by atoms with Gasteiger partial charge in [-0.1, -0.05) is 59.8 Å². The summed E-state index contributed by atoms with van der Waals surface area (Å²) in [6, 6.07) is 0. The third kappa shape index (κ3) is 7.56. The summed E-state index contributed by atoms with van der Waals surface area (Å²) in [5.74, 6) is 1.28. The smallest absolute Gasteiger partial charge is 0.307 e. The van der Waals surface area contributed by atoms with Crippen LogP contribution in [-0.2, 0) is 4.79 Å². The summed E-state index contributed by atoms with van der Waals surface area (Å²) >= 11 is 1.86. The van der Waals surface area contributed by atoms with Crippen LogP contribution in [0.15, 0.2) is 0 Å². The zero-order valence-electron chi connectivity index (χ0n) is 13.9. The van der Waals surface area contributed by atoms with Crippen molar-refractivity contribution in [3.8, 4) is 0 Å². The average Bonchev–Trinajstić information content (AvgIpc) is 2.39. The summed E-state index contributed by atoms with van der Waals surface area (Å²) in [6.07, 6.45) is 8.92. The number of hydrogen-bond acceptors (Lipinski definition) is 2. The maximum Gasteiger partial charge on any atom is 0.307 e. The maximum atomic E-state index is 11.7. The first kappa shape index (κ1) is 19.8. The number of unbranched alkanes of at least 4 members (excludes halogenated alkanes) is 3. The molecule has 0 fully saturated rings. The van der Waals surface area contributed by atoms with Crippen LogP contribution < -0.4 is 0 Å². The minimum atomic E-state index is -0.590. The molecule has 0 saturated heterocycles. The van der Waals surface area contributed by atoms with Crippen molar-refractivity contribution in [3.63, 3.8) is 0 Å². The van der Waals surface area contributed by atoms with E-state index in [4.69, 9.17) is 0 Å². The number of rotatable bonds is 13. The monoisotopic (exact) mass is 302 g/mol. The fourth-order valence-electron chi connectivity index (χ4n) is 3.12. The Hall–Kier alpha value is -0.180. The van der Waals surface area contributed by atoms with Gasteiger partial charge in [0.1, 0.15) is 0 Å². The first-order valence-electron chi connectivity index (χ1n) is 8.32. The van der Waals surface area contributed by atoms with Crippen LogP contribution in [0.5, 0.6) is 0 Å². The van der Waals surface area contributed by atoms with Crippen molar-refractivity contribution in [2.24, 2.45) is 11.3 Å². The van der Waals surface area contributed by atoms with Gasteiger partial charge in [-0.3, -0.25) is 4.79 Å². The molecule has 0 radical (unpaired) electrons. The molecule has 0 spiro atoms. The molecule has 20 heavy (non-hydrogen) atoms. The van der Waals surface area contributed by atoms with Crippen LogP contribution >= 0.6 is 11.8 Å². The fraction of sp³-hybridized carbons (Fsp3) is 0.941. The van der Waals surface area contributed by atoms with Gasteiger partial charge >= 0.3 is 5.97 Å².